The predicted octanol–water partition coefficient (Wildman–Crippen LogP) is 1.98. The van der Waals surface area contributed by atoms with Crippen LogP contribution in [0.5, 0.6) is 0 Å². The van der Waals surface area contributed by atoms with Crippen molar-refractivity contribution >= 4 is 5.91 Å². The van der Waals surface area contributed by atoms with Crippen LogP contribution in [0.3, 0.4) is 0 Å². The van der Waals surface area contributed by atoms with Gasteiger partial charge in [0.15, 0.2) is 0 Å². The van der Waals surface area contributed by atoms with Gasteiger partial charge < -0.3 is 4.90 Å². The summed E-state index contributed by atoms with van der Waals surface area (Å²) in [6.45, 7) is 12.6. The van der Waals surface area contributed by atoms with Gasteiger partial charge >= 0.3 is 0 Å². The molecule has 1 fully saturated rings. The van der Waals surface area contributed by atoms with E-state index in [-0.39, 0.29) is 17.6 Å². The van der Waals surface area contributed by atoms with Gasteiger partial charge in [0.25, 0.3) is 0 Å². The number of nitrogens with zero attached hydrogens (tertiary/aromatic N) is 1. The van der Waals surface area contributed by atoms with Crippen molar-refractivity contribution in [3.05, 3.63) is 0 Å². The molecule has 0 radical (unpaired) electrons. The standard InChI is InChI=1S/C12H24N2O/c1-7-12(6)11(15)14(10(5)13-12)9(4)8(2)3/h8-10,13H,7H2,1-6H3. The van der Waals surface area contributed by atoms with Crippen LogP contribution in [0.15, 0.2) is 0 Å². The summed E-state index contributed by atoms with van der Waals surface area (Å²) in [5, 5.41) is 3.39. The Morgan fingerprint density at radius 3 is 2.33 bits per heavy atom. The third-order valence-electron chi connectivity index (χ3n) is 3.76. The Hall–Kier alpha value is -0.570. The third-order valence-corrected chi connectivity index (χ3v) is 3.76. The SMILES string of the molecule is CCC1(C)NC(C)N(C(C)C(C)C)C1=O. The summed E-state index contributed by atoms with van der Waals surface area (Å²) in [6.07, 6.45) is 0.997. The zero-order valence-electron chi connectivity index (χ0n) is 10.8. The minimum absolute atomic E-state index is 0.153. The highest BCUT2D eigenvalue weighted by atomic mass is 16.2. The third kappa shape index (κ3) is 2.03. The van der Waals surface area contributed by atoms with Crippen molar-refractivity contribution < 1.29 is 4.79 Å². The molecule has 0 saturated carbocycles. The Kier molecular flexibility index (Phi) is 3.44. The molecule has 0 spiro atoms. The van der Waals surface area contributed by atoms with Gasteiger partial charge in [0.1, 0.15) is 0 Å². The van der Waals surface area contributed by atoms with E-state index in [9.17, 15) is 4.79 Å². The number of carbonyl (C=O) groups is 1. The number of hydrogen-bond donors (Lipinski definition) is 1. The van der Waals surface area contributed by atoms with Gasteiger partial charge in [-0.05, 0) is 33.1 Å². The molecule has 1 aliphatic rings. The quantitative estimate of drug-likeness (QED) is 0.776. The molecule has 1 saturated heterocycles. The fourth-order valence-electron chi connectivity index (χ4n) is 2.17. The van der Waals surface area contributed by atoms with Crippen molar-refractivity contribution in [1.29, 1.82) is 0 Å². The van der Waals surface area contributed by atoms with E-state index in [0.29, 0.717) is 12.0 Å². The highest BCUT2D eigenvalue weighted by molar-refractivity contribution is 5.88. The van der Waals surface area contributed by atoms with E-state index in [1.54, 1.807) is 0 Å². The van der Waals surface area contributed by atoms with Crippen LogP contribution in [0.25, 0.3) is 0 Å². The van der Waals surface area contributed by atoms with Crippen LogP contribution in [0.1, 0.15) is 48.0 Å². The first-order valence-corrected chi connectivity index (χ1v) is 5.94. The number of rotatable bonds is 3. The lowest BCUT2D eigenvalue weighted by Crippen LogP contribution is -2.45. The minimum Gasteiger partial charge on any atom is -0.323 e. The van der Waals surface area contributed by atoms with Crippen molar-refractivity contribution in [3.63, 3.8) is 0 Å². The zero-order valence-corrected chi connectivity index (χ0v) is 10.8. The lowest BCUT2D eigenvalue weighted by molar-refractivity contribution is -0.135. The number of hydrogen-bond acceptors (Lipinski definition) is 2. The second-order valence-electron chi connectivity index (χ2n) is 5.20. The first-order valence-electron chi connectivity index (χ1n) is 5.94. The van der Waals surface area contributed by atoms with Crippen LogP contribution in [-0.4, -0.2) is 28.6 Å². The van der Waals surface area contributed by atoms with Gasteiger partial charge in [-0.2, -0.15) is 0 Å². The van der Waals surface area contributed by atoms with E-state index in [1.807, 2.05) is 11.8 Å². The summed E-state index contributed by atoms with van der Waals surface area (Å²) in [7, 11) is 0. The van der Waals surface area contributed by atoms with Crippen molar-refractivity contribution in [2.75, 3.05) is 0 Å². The highest BCUT2D eigenvalue weighted by Crippen LogP contribution is 2.27. The Morgan fingerprint density at radius 2 is 2.00 bits per heavy atom. The summed E-state index contributed by atoms with van der Waals surface area (Å²) in [4.78, 5) is 14.3. The molecule has 0 aliphatic carbocycles. The maximum atomic E-state index is 12.3. The molecule has 1 aliphatic heterocycles. The summed E-state index contributed by atoms with van der Waals surface area (Å²) in [6, 6.07) is 0.299. The molecule has 1 N–H and O–H groups in total. The molecule has 1 rings (SSSR count). The van der Waals surface area contributed by atoms with E-state index in [0.717, 1.165) is 6.42 Å². The monoisotopic (exact) mass is 212 g/mol. The molecule has 0 aromatic carbocycles. The lowest BCUT2D eigenvalue weighted by Gasteiger charge is -2.31. The van der Waals surface area contributed by atoms with E-state index in [4.69, 9.17) is 0 Å². The van der Waals surface area contributed by atoms with Gasteiger partial charge in [-0.25, -0.2) is 0 Å². The highest BCUT2D eigenvalue weighted by Gasteiger charge is 2.46. The minimum atomic E-state index is -0.359. The van der Waals surface area contributed by atoms with Crippen molar-refractivity contribution in [1.82, 2.24) is 10.2 Å². The summed E-state index contributed by atoms with van der Waals surface area (Å²) < 4.78 is 0. The second-order valence-corrected chi connectivity index (χ2v) is 5.20. The van der Waals surface area contributed by atoms with E-state index < -0.39 is 0 Å². The first kappa shape index (κ1) is 12.5. The fraction of sp³-hybridized carbons (Fsp3) is 0.917. The van der Waals surface area contributed by atoms with E-state index in [2.05, 4.69) is 39.9 Å². The Bertz CT molecular complexity index is 252. The predicted molar refractivity (Wildman–Crippen MR) is 62.4 cm³/mol. The second kappa shape index (κ2) is 4.12. The topological polar surface area (TPSA) is 32.3 Å². The van der Waals surface area contributed by atoms with Gasteiger partial charge in [-0.1, -0.05) is 20.8 Å². The van der Waals surface area contributed by atoms with Gasteiger partial charge in [0.2, 0.25) is 5.91 Å². The molecule has 1 amide bonds. The molecule has 3 atom stereocenters. The van der Waals surface area contributed by atoms with Gasteiger partial charge in [0.05, 0.1) is 11.7 Å². The van der Waals surface area contributed by atoms with Crippen LogP contribution in [0.2, 0.25) is 0 Å². The Labute approximate surface area is 93.2 Å². The van der Waals surface area contributed by atoms with Gasteiger partial charge in [-0.15, -0.1) is 0 Å². The maximum Gasteiger partial charge on any atom is 0.244 e. The van der Waals surface area contributed by atoms with Crippen LogP contribution in [0.4, 0.5) is 0 Å². The average molecular weight is 212 g/mol. The average Bonchev–Trinajstić information content (AvgIpc) is 2.38. The molecule has 1 heterocycles. The van der Waals surface area contributed by atoms with Crippen molar-refractivity contribution in [3.8, 4) is 0 Å². The molecule has 0 aromatic rings. The molecule has 88 valence electrons. The molecule has 0 aromatic heterocycles. The summed E-state index contributed by atoms with van der Waals surface area (Å²) in [5.74, 6) is 0.746. The van der Waals surface area contributed by atoms with Crippen LogP contribution >= 0.6 is 0 Å². The molecule has 3 heteroatoms. The molecule has 3 unspecified atom stereocenters. The van der Waals surface area contributed by atoms with Gasteiger partial charge in [-0.3, -0.25) is 10.1 Å². The fourth-order valence-corrected chi connectivity index (χ4v) is 2.17. The van der Waals surface area contributed by atoms with E-state index in [1.165, 1.54) is 0 Å². The van der Waals surface area contributed by atoms with Gasteiger partial charge in [0, 0.05) is 6.04 Å². The number of amides is 1. The van der Waals surface area contributed by atoms with Crippen LogP contribution < -0.4 is 5.32 Å². The molecule has 15 heavy (non-hydrogen) atoms. The smallest absolute Gasteiger partial charge is 0.244 e. The first-order chi connectivity index (χ1) is 6.83. The molecule has 3 nitrogen and oxygen atoms in total. The Morgan fingerprint density at radius 1 is 1.47 bits per heavy atom. The zero-order chi connectivity index (χ0) is 11.8. The normalized spacial score (nSPS) is 33.9. The molecular weight excluding hydrogens is 188 g/mol. The Balaban J connectivity index is 2.89. The number of nitrogens with one attached hydrogen (secondary N) is 1. The van der Waals surface area contributed by atoms with Crippen LogP contribution in [-0.2, 0) is 4.79 Å². The lowest BCUT2D eigenvalue weighted by atomic mass is 9.97. The molecule has 0 bridgehead atoms. The molecular formula is C12H24N2O. The van der Waals surface area contributed by atoms with E-state index >= 15 is 0 Å². The number of carbonyl (C=O) groups excluding carboxylic acids is 1. The van der Waals surface area contributed by atoms with Crippen LogP contribution in [0, 0.1) is 5.92 Å². The van der Waals surface area contributed by atoms with Crippen molar-refractivity contribution in [2.45, 2.75) is 65.7 Å². The maximum absolute atomic E-state index is 12.3. The largest absolute Gasteiger partial charge is 0.323 e. The summed E-state index contributed by atoms with van der Waals surface area (Å²) >= 11 is 0. The van der Waals surface area contributed by atoms with Crippen molar-refractivity contribution in [2.24, 2.45) is 5.92 Å². The summed E-state index contributed by atoms with van der Waals surface area (Å²) in [5.41, 5.74) is -0.359.